The minimum absolute atomic E-state index is 0.313. The number of nitrogens with zero attached hydrogens (tertiary/aromatic N) is 1. The summed E-state index contributed by atoms with van der Waals surface area (Å²) < 4.78 is 5.62. The van der Waals surface area contributed by atoms with Crippen LogP contribution >= 0.6 is 0 Å². The predicted octanol–water partition coefficient (Wildman–Crippen LogP) is 6.84. The van der Waals surface area contributed by atoms with Crippen molar-refractivity contribution in [1.29, 1.82) is 0 Å². The van der Waals surface area contributed by atoms with Gasteiger partial charge in [-0.3, -0.25) is 4.99 Å². The van der Waals surface area contributed by atoms with Gasteiger partial charge in [-0.2, -0.15) is 0 Å². The van der Waals surface area contributed by atoms with E-state index in [9.17, 15) is 0 Å². The van der Waals surface area contributed by atoms with Crippen LogP contribution in [0.15, 0.2) is 17.1 Å². The Labute approximate surface area is 144 Å². The van der Waals surface area contributed by atoms with Gasteiger partial charge in [-0.05, 0) is 39.0 Å². The summed E-state index contributed by atoms with van der Waals surface area (Å²) in [5.74, 6) is 0.995. The normalized spacial score (nSPS) is 17.7. The van der Waals surface area contributed by atoms with Gasteiger partial charge in [0.1, 0.15) is 6.10 Å². The van der Waals surface area contributed by atoms with Crippen LogP contribution < -0.4 is 0 Å². The maximum Gasteiger partial charge on any atom is 0.183 e. The van der Waals surface area contributed by atoms with Crippen molar-refractivity contribution < 1.29 is 4.74 Å². The summed E-state index contributed by atoms with van der Waals surface area (Å²) in [7, 11) is 0. The molecule has 0 bridgehead atoms. The largest absolute Gasteiger partial charge is 0.476 e. The molecule has 1 atom stereocenters. The molecule has 0 aromatic rings. The molecule has 0 saturated carbocycles. The highest BCUT2D eigenvalue weighted by atomic mass is 16.5. The quantitative estimate of drug-likeness (QED) is 0.239. The van der Waals surface area contributed by atoms with E-state index in [1.54, 1.807) is 0 Å². The predicted molar refractivity (Wildman–Crippen MR) is 102 cm³/mol. The molecule has 0 N–H and O–H groups in total. The minimum Gasteiger partial charge on any atom is -0.476 e. The maximum atomic E-state index is 5.62. The van der Waals surface area contributed by atoms with Crippen LogP contribution in [-0.2, 0) is 4.74 Å². The highest BCUT2D eigenvalue weighted by Crippen LogP contribution is 2.13. The zero-order chi connectivity index (χ0) is 16.6. The maximum absolute atomic E-state index is 5.62. The first-order chi connectivity index (χ1) is 11.3. The number of aliphatic imine (C=N–C) groups is 1. The second-order valence-electron chi connectivity index (χ2n) is 7.00. The number of hydrogen-bond donors (Lipinski definition) is 0. The summed E-state index contributed by atoms with van der Waals surface area (Å²) in [6.07, 6.45) is 23.7. The number of hydrogen-bond acceptors (Lipinski definition) is 2. The van der Waals surface area contributed by atoms with Gasteiger partial charge in [0.2, 0.25) is 0 Å². The Hall–Kier alpha value is -0.790. The Balaban J connectivity index is 1.75. The molecule has 0 aliphatic carbocycles. The zero-order valence-corrected chi connectivity index (χ0v) is 15.7. The van der Waals surface area contributed by atoms with Crippen LogP contribution in [-0.4, -0.2) is 18.5 Å². The average Bonchev–Trinajstić information content (AvgIpc) is 2.96. The van der Waals surface area contributed by atoms with Gasteiger partial charge in [-0.25, -0.2) is 0 Å². The van der Waals surface area contributed by atoms with E-state index in [0.29, 0.717) is 6.10 Å². The first-order valence-corrected chi connectivity index (χ1v) is 10.2. The van der Waals surface area contributed by atoms with E-state index in [1.807, 2.05) is 0 Å². The molecule has 0 unspecified atom stereocenters. The van der Waals surface area contributed by atoms with Gasteiger partial charge >= 0.3 is 0 Å². The van der Waals surface area contributed by atoms with E-state index in [0.717, 1.165) is 18.9 Å². The Morgan fingerprint density at radius 3 is 2.00 bits per heavy atom. The van der Waals surface area contributed by atoms with Crippen molar-refractivity contribution in [2.24, 2.45) is 4.99 Å². The third-order valence-electron chi connectivity index (χ3n) is 4.51. The van der Waals surface area contributed by atoms with Crippen LogP contribution in [0.4, 0.5) is 0 Å². The van der Waals surface area contributed by atoms with Gasteiger partial charge in [-0.1, -0.05) is 70.4 Å². The molecule has 0 amide bonds. The Morgan fingerprint density at radius 1 is 0.870 bits per heavy atom. The topological polar surface area (TPSA) is 21.6 Å². The highest BCUT2D eigenvalue weighted by molar-refractivity contribution is 5.77. The molecule has 0 radical (unpaired) electrons. The van der Waals surface area contributed by atoms with Crippen LogP contribution in [0.1, 0.15) is 104 Å². The van der Waals surface area contributed by atoms with E-state index in [2.05, 4.69) is 31.0 Å². The Kier molecular flexibility index (Phi) is 13.0. The van der Waals surface area contributed by atoms with Crippen molar-refractivity contribution in [1.82, 2.24) is 0 Å². The van der Waals surface area contributed by atoms with Crippen LogP contribution in [0.2, 0.25) is 0 Å². The molecule has 0 spiro atoms. The standard InChI is InChI=1S/C21H39NO/c1-3-4-5-6-7-8-9-10-11-12-13-14-15-16-17-18-21-22-19-20(2)23-21/h10-11,20H,3-9,12-19H2,1-2H3/b11-10+/t20-/m1/s1. The number of ether oxygens (including phenoxy) is 1. The van der Waals surface area contributed by atoms with E-state index in [4.69, 9.17) is 4.74 Å². The molecular formula is C21H39NO. The van der Waals surface area contributed by atoms with Crippen LogP contribution in [0.3, 0.4) is 0 Å². The highest BCUT2D eigenvalue weighted by Gasteiger charge is 2.13. The van der Waals surface area contributed by atoms with E-state index in [-0.39, 0.29) is 0 Å². The summed E-state index contributed by atoms with van der Waals surface area (Å²) >= 11 is 0. The lowest BCUT2D eigenvalue weighted by Gasteiger charge is -2.05. The smallest absolute Gasteiger partial charge is 0.183 e. The van der Waals surface area contributed by atoms with Gasteiger partial charge in [0.15, 0.2) is 5.90 Å². The zero-order valence-electron chi connectivity index (χ0n) is 15.7. The van der Waals surface area contributed by atoms with Crippen molar-refractivity contribution >= 4 is 5.90 Å². The van der Waals surface area contributed by atoms with Crippen LogP contribution in [0, 0.1) is 0 Å². The summed E-state index contributed by atoms with van der Waals surface area (Å²) in [5.41, 5.74) is 0. The number of unbranched alkanes of at least 4 members (excludes halogenated alkanes) is 11. The molecule has 23 heavy (non-hydrogen) atoms. The number of allylic oxidation sites excluding steroid dienone is 2. The van der Waals surface area contributed by atoms with Crippen molar-refractivity contribution in [2.75, 3.05) is 6.54 Å². The van der Waals surface area contributed by atoms with Gasteiger partial charge in [0, 0.05) is 6.42 Å². The molecule has 1 heterocycles. The molecule has 0 aromatic heterocycles. The van der Waals surface area contributed by atoms with E-state index >= 15 is 0 Å². The van der Waals surface area contributed by atoms with Crippen molar-refractivity contribution in [3.63, 3.8) is 0 Å². The molecule has 2 nitrogen and oxygen atoms in total. The lowest BCUT2D eigenvalue weighted by Crippen LogP contribution is -2.07. The first kappa shape index (κ1) is 20.3. The Morgan fingerprint density at radius 2 is 1.43 bits per heavy atom. The molecule has 1 aliphatic rings. The third-order valence-corrected chi connectivity index (χ3v) is 4.51. The third kappa shape index (κ3) is 12.3. The van der Waals surface area contributed by atoms with Crippen molar-refractivity contribution in [3.05, 3.63) is 12.2 Å². The molecule has 0 saturated heterocycles. The van der Waals surface area contributed by atoms with Crippen LogP contribution in [0.25, 0.3) is 0 Å². The summed E-state index contributed by atoms with van der Waals surface area (Å²) in [6.45, 7) is 5.24. The molecule has 2 heteroatoms. The van der Waals surface area contributed by atoms with Gasteiger partial charge in [-0.15, -0.1) is 0 Å². The van der Waals surface area contributed by atoms with Crippen LogP contribution in [0.5, 0.6) is 0 Å². The summed E-state index contributed by atoms with van der Waals surface area (Å²) in [6, 6.07) is 0. The molecule has 1 aliphatic heterocycles. The van der Waals surface area contributed by atoms with Gasteiger partial charge in [0.25, 0.3) is 0 Å². The molecular weight excluding hydrogens is 282 g/mol. The monoisotopic (exact) mass is 321 g/mol. The fraction of sp³-hybridized carbons (Fsp3) is 0.857. The van der Waals surface area contributed by atoms with Gasteiger partial charge in [0.05, 0.1) is 6.54 Å². The molecule has 0 fully saturated rings. The Bertz CT molecular complexity index is 322. The fourth-order valence-electron chi connectivity index (χ4n) is 3.02. The lowest BCUT2D eigenvalue weighted by atomic mass is 10.1. The minimum atomic E-state index is 0.313. The second kappa shape index (κ2) is 14.8. The van der Waals surface area contributed by atoms with Crippen molar-refractivity contribution in [3.8, 4) is 0 Å². The molecule has 1 rings (SSSR count). The average molecular weight is 322 g/mol. The van der Waals surface area contributed by atoms with Gasteiger partial charge < -0.3 is 4.74 Å². The first-order valence-electron chi connectivity index (χ1n) is 10.2. The summed E-state index contributed by atoms with van der Waals surface area (Å²) in [5, 5.41) is 0. The molecule has 0 aromatic carbocycles. The van der Waals surface area contributed by atoms with Crippen molar-refractivity contribution in [2.45, 2.75) is 110 Å². The summed E-state index contributed by atoms with van der Waals surface area (Å²) in [4.78, 5) is 4.41. The second-order valence-corrected chi connectivity index (χ2v) is 7.00. The number of rotatable bonds is 15. The lowest BCUT2D eigenvalue weighted by molar-refractivity contribution is 0.238. The van der Waals surface area contributed by atoms with E-state index in [1.165, 1.54) is 83.5 Å². The SMILES string of the molecule is CCCCCCCC/C=C/CCCCCCCC1=NC[C@@H](C)O1. The fourth-order valence-corrected chi connectivity index (χ4v) is 3.02. The molecule has 134 valence electrons. The van der Waals surface area contributed by atoms with E-state index < -0.39 is 0 Å².